The Morgan fingerprint density at radius 1 is 0.579 bits per heavy atom. The Morgan fingerprint density at radius 3 is 0.842 bits per heavy atom. The number of hydrogen-bond donors (Lipinski definition) is 4. The summed E-state index contributed by atoms with van der Waals surface area (Å²) >= 11 is 0. The van der Waals surface area contributed by atoms with Crippen molar-refractivity contribution in [2.24, 2.45) is 0 Å². The van der Waals surface area contributed by atoms with Gasteiger partial charge in [-0.25, -0.2) is 19.2 Å². The Balaban J connectivity index is 0.00000324. The number of carbonyl (C=O) groups is 4. The van der Waals surface area contributed by atoms with Crippen LogP contribution in [0.4, 0.5) is 0 Å². The monoisotopic (exact) mass is 294 g/mol. The number of rotatable bonds is 4. The van der Waals surface area contributed by atoms with Crippen molar-refractivity contribution in [1.82, 2.24) is 0 Å². The third kappa shape index (κ3) is 3.85. The van der Waals surface area contributed by atoms with E-state index in [1.54, 1.807) is 0 Å². The molecule has 4 N–H and O–H groups in total. The number of carboxylic acid groups (broad SMARTS) is 4. The van der Waals surface area contributed by atoms with E-state index < -0.39 is 46.1 Å². The summed E-state index contributed by atoms with van der Waals surface area (Å²) in [5, 5.41) is 35.0. The molecule has 8 nitrogen and oxygen atoms in total. The molecule has 0 saturated heterocycles. The van der Waals surface area contributed by atoms with E-state index in [1.165, 1.54) is 0 Å². The predicted molar refractivity (Wildman–Crippen MR) is 61.4 cm³/mol. The quantitative estimate of drug-likeness (QED) is 0.559. The summed E-state index contributed by atoms with van der Waals surface area (Å²) in [6.45, 7) is 0. The zero-order valence-corrected chi connectivity index (χ0v) is 8.58. The molecule has 1 aromatic rings. The van der Waals surface area contributed by atoms with E-state index in [4.69, 9.17) is 20.4 Å². The number of benzene rings is 1. The van der Waals surface area contributed by atoms with Crippen LogP contribution in [0.2, 0.25) is 0 Å². The van der Waals surface area contributed by atoms with Crippen molar-refractivity contribution in [3.05, 3.63) is 34.4 Å². The van der Waals surface area contributed by atoms with Gasteiger partial charge in [-0.2, -0.15) is 0 Å². The molecule has 0 unspecified atom stereocenters. The number of carboxylic acids is 4. The molecule has 0 atom stereocenters. The number of hydrogen-bond acceptors (Lipinski definition) is 4. The summed E-state index contributed by atoms with van der Waals surface area (Å²) in [5.74, 6) is -6.64. The van der Waals surface area contributed by atoms with Crippen LogP contribution in [0.15, 0.2) is 12.1 Å². The van der Waals surface area contributed by atoms with Crippen LogP contribution in [-0.2, 0) is 0 Å². The molecule has 0 heterocycles. The van der Waals surface area contributed by atoms with E-state index >= 15 is 0 Å². The molecular weight excluding hydrogens is 287 g/mol. The van der Waals surface area contributed by atoms with Crippen molar-refractivity contribution in [2.45, 2.75) is 0 Å². The van der Waals surface area contributed by atoms with E-state index in [9.17, 15) is 19.2 Å². The van der Waals surface area contributed by atoms with Crippen LogP contribution in [0, 0.1) is 0 Å². The van der Waals surface area contributed by atoms with Gasteiger partial charge < -0.3 is 20.4 Å². The van der Waals surface area contributed by atoms with Gasteiger partial charge in [-0.1, -0.05) is 0 Å². The minimum absolute atomic E-state index is 0. The van der Waals surface area contributed by atoms with E-state index in [0.717, 1.165) is 0 Å². The van der Waals surface area contributed by atoms with Crippen LogP contribution in [0.3, 0.4) is 0 Å². The van der Waals surface area contributed by atoms with Gasteiger partial charge in [0.2, 0.25) is 0 Å². The van der Waals surface area contributed by atoms with Gasteiger partial charge >= 0.3 is 75.3 Å². The second-order valence-electron chi connectivity index (χ2n) is 3.16. The summed E-state index contributed by atoms with van der Waals surface area (Å²) in [5.41, 5.74) is -3.15. The Labute approximate surface area is 148 Å². The van der Waals surface area contributed by atoms with E-state index in [2.05, 4.69) is 0 Å². The SMILES string of the molecule is O=C(O)c1cc(C(=O)O)c(C(=O)O)cc1C(=O)O.[KH]. The molecule has 9 heteroatoms. The first-order valence-corrected chi connectivity index (χ1v) is 4.37. The van der Waals surface area contributed by atoms with Crippen LogP contribution >= 0.6 is 0 Å². The van der Waals surface area contributed by atoms with Crippen molar-refractivity contribution in [3.63, 3.8) is 0 Å². The van der Waals surface area contributed by atoms with Gasteiger partial charge in [0.25, 0.3) is 0 Å². The fourth-order valence-corrected chi connectivity index (χ4v) is 1.31. The van der Waals surface area contributed by atoms with Gasteiger partial charge in [-0.05, 0) is 12.1 Å². The first-order valence-electron chi connectivity index (χ1n) is 4.37. The van der Waals surface area contributed by atoms with Gasteiger partial charge in [0.05, 0.1) is 22.3 Å². The maximum atomic E-state index is 10.8. The van der Waals surface area contributed by atoms with Gasteiger partial charge in [0.1, 0.15) is 0 Å². The maximum absolute atomic E-state index is 10.8. The molecule has 0 amide bonds. The number of aromatic carboxylic acids is 4. The molecule has 0 aliphatic carbocycles. The molecule has 0 fully saturated rings. The van der Waals surface area contributed by atoms with Crippen molar-refractivity contribution in [3.8, 4) is 0 Å². The second kappa shape index (κ2) is 6.77. The van der Waals surface area contributed by atoms with Gasteiger partial charge in [0, 0.05) is 0 Å². The molecule has 0 aromatic heterocycles. The topological polar surface area (TPSA) is 149 Å². The van der Waals surface area contributed by atoms with E-state index in [-0.39, 0.29) is 51.4 Å². The fourth-order valence-electron chi connectivity index (χ4n) is 1.31. The molecule has 0 saturated carbocycles. The summed E-state index contributed by atoms with van der Waals surface area (Å²) in [6, 6.07) is 1.02. The van der Waals surface area contributed by atoms with E-state index in [0.29, 0.717) is 12.1 Å². The first-order chi connectivity index (χ1) is 8.25. The summed E-state index contributed by atoms with van der Waals surface area (Å²) in [4.78, 5) is 43.1. The van der Waals surface area contributed by atoms with Crippen LogP contribution in [0.1, 0.15) is 41.4 Å². The van der Waals surface area contributed by atoms with Crippen molar-refractivity contribution in [2.75, 3.05) is 0 Å². The normalized spacial score (nSPS) is 9.26. The van der Waals surface area contributed by atoms with Crippen molar-refractivity contribution >= 4 is 75.3 Å². The van der Waals surface area contributed by atoms with Gasteiger partial charge in [0.15, 0.2) is 0 Å². The zero-order valence-electron chi connectivity index (χ0n) is 8.58. The predicted octanol–water partition coefficient (Wildman–Crippen LogP) is -0.169. The minimum atomic E-state index is -1.66. The van der Waals surface area contributed by atoms with Crippen molar-refractivity contribution in [1.29, 1.82) is 0 Å². The average molecular weight is 294 g/mol. The Kier molecular flexibility index (Phi) is 6.32. The van der Waals surface area contributed by atoms with Crippen molar-refractivity contribution < 1.29 is 39.6 Å². The molecule has 1 rings (SSSR count). The molecule has 0 aliphatic rings. The molecule has 1 aromatic carbocycles. The Bertz CT molecular complexity index is 479. The zero-order chi connectivity index (χ0) is 14.0. The third-order valence-corrected chi connectivity index (χ3v) is 2.08. The molecule has 19 heavy (non-hydrogen) atoms. The van der Waals surface area contributed by atoms with E-state index in [1.807, 2.05) is 0 Å². The average Bonchev–Trinajstić information content (AvgIpc) is 2.26. The second-order valence-corrected chi connectivity index (χ2v) is 3.16. The summed E-state index contributed by atoms with van der Waals surface area (Å²) in [6.07, 6.45) is 0. The summed E-state index contributed by atoms with van der Waals surface area (Å²) in [7, 11) is 0. The third-order valence-electron chi connectivity index (χ3n) is 2.08. The molecule has 0 aliphatic heterocycles. The molecule has 0 radical (unpaired) electrons. The van der Waals surface area contributed by atoms with Crippen LogP contribution in [0.25, 0.3) is 0 Å². The van der Waals surface area contributed by atoms with Crippen LogP contribution < -0.4 is 0 Å². The fraction of sp³-hybridized carbons (Fsp3) is 0. The Hall–Kier alpha value is -1.26. The standard InChI is InChI=1S/C10H6O8.K.H/c11-7(12)3-1-4(8(13)14)6(10(17)18)2-5(3)9(15)16;;/h1-2H,(H,11,12)(H,13,14)(H,15,16)(H,17,18);;. The van der Waals surface area contributed by atoms with Crippen LogP contribution in [-0.4, -0.2) is 95.7 Å². The molecule has 0 spiro atoms. The summed E-state index contributed by atoms with van der Waals surface area (Å²) < 4.78 is 0. The Morgan fingerprint density at radius 2 is 0.737 bits per heavy atom. The molecular formula is C10H7KO8. The molecule has 0 bridgehead atoms. The molecule has 96 valence electrons. The first kappa shape index (κ1) is 17.7. The van der Waals surface area contributed by atoms with Crippen LogP contribution in [0.5, 0.6) is 0 Å². The van der Waals surface area contributed by atoms with Gasteiger partial charge in [-0.3, -0.25) is 0 Å². The van der Waals surface area contributed by atoms with Gasteiger partial charge in [-0.15, -0.1) is 0 Å².